The van der Waals surface area contributed by atoms with E-state index in [1.165, 1.54) is 18.4 Å². The summed E-state index contributed by atoms with van der Waals surface area (Å²) in [6, 6.07) is 8.70. The Kier molecular flexibility index (Phi) is 5.79. The van der Waals surface area contributed by atoms with Gasteiger partial charge in [0.1, 0.15) is 5.75 Å². The van der Waals surface area contributed by atoms with E-state index >= 15 is 0 Å². The Morgan fingerprint density at radius 1 is 1.12 bits per heavy atom. The number of rotatable bonds is 3. The maximum Gasteiger partial charge on any atom is 0.119 e. The van der Waals surface area contributed by atoms with Crippen LogP contribution in [0.1, 0.15) is 31.2 Å². The van der Waals surface area contributed by atoms with E-state index in [1.54, 1.807) is 0 Å². The third-order valence-electron chi connectivity index (χ3n) is 3.40. The average molecular weight is 256 g/mol. The Morgan fingerprint density at radius 2 is 1.71 bits per heavy atom. The molecule has 3 heteroatoms. The zero-order valence-electron chi connectivity index (χ0n) is 10.4. The van der Waals surface area contributed by atoms with Crippen LogP contribution in [0.15, 0.2) is 24.3 Å². The molecule has 0 aromatic heterocycles. The minimum Gasteiger partial charge on any atom is -0.493 e. The van der Waals surface area contributed by atoms with Gasteiger partial charge in [-0.15, -0.1) is 12.4 Å². The number of aryl methyl sites for hydroxylation is 1. The molecule has 1 aromatic rings. The molecule has 0 amide bonds. The van der Waals surface area contributed by atoms with Crippen molar-refractivity contribution >= 4 is 12.4 Å². The van der Waals surface area contributed by atoms with Gasteiger partial charge >= 0.3 is 0 Å². The number of benzene rings is 1. The quantitative estimate of drug-likeness (QED) is 0.899. The average Bonchev–Trinajstić information content (AvgIpc) is 2.30. The van der Waals surface area contributed by atoms with Crippen LogP contribution >= 0.6 is 12.4 Å². The SMILES string of the molecule is Cc1ccc(OCC2CCC(N)CC2)cc1.Cl. The predicted octanol–water partition coefficient (Wildman–Crippen LogP) is 3.31. The van der Waals surface area contributed by atoms with E-state index in [1.807, 2.05) is 12.1 Å². The van der Waals surface area contributed by atoms with Crippen LogP contribution in [0.5, 0.6) is 5.75 Å². The Hall–Kier alpha value is -0.730. The van der Waals surface area contributed by atoms with E-state index in [9.17, 15) is 0 Å². The lowest BCUT2D eigenvalue weighted by Crippen LogP contribution is -2.28. The molecule has 0 heterocycles. The third-order valence-corrected chi connectivity index (χ3v) is 3.40. The summed E-state index contributed by atoms with van der Waals surface area (Å²) in [7, 11) is 0. The van der Waals surface area contributed by atoms with Crippen LogP contribution in [0.25, 0.3) is 0 Å². The van der Waals surface area contributed by atoms with E-state index in [0.717, 1.165) is 25.2 Å². The van der Waals surface area contributed by atoms with Crippen LogP contribution in [0.4, 0.5) is 0 Å². The number of hydrogen-bond acceptors (Lipinski definition) is 2. The van der Waals surface area contributed by atoms with Crippen LogP contribution in [-0.4, -0.2) is 12.6 Å². The summed E-state index contributed by atoms with van der Waals surface area (Å²) in [4.78, 5) is 0. The molecule has 2 rings (SSSR count). The highest BCUT2D eigenvalue weighted by Crippen LogP contribution is 2.24. The molecule has 1 aliphatic rings. The van der Waals surface area contributed by atoms with E-state index in [2.05, 4.69) is 19.1 Å². The molecule has 0 radical (unpaired) electrons. The van der Waals surface area contributed by atoms with Gasteiger partial charge in [-0.1, -0.05) is 17.7 Å². The Labute approximate surface area is 110 Å². The molecule has 1 saturated carbocycles. The van der Waals surface area contributed by atoms with Gasteiger partial charge in [0.2, 0.25) is 0 Å². The summed E-state index contributed by atoms with van der Waals surface area (Å²) < 4.78 is 5.79. The maximum absolute atomic E-state index is 5.88. The molecule has 1 fully saturated rings. The van der Waals surface area contributed by atoms with Crippen molar-refractivity contribution in [3.63, 3.8) is 0 Å². The van der Waals surface area contributed by atoms with Gasteiger partial charge in [0.25, 0.3) is 0 Å². The number of halogens is 1. The van der Waals surface area contributed by atoms with Crippen LogP contribution in [0.3, 0.4) is 0 Å². The summed E-state index contributed by atoms with van der Waals surface area (Å²) in [6.07, 6.45) is 4.74. The molecular formula is C14H22ClNO. The van der Waals surface area contributed by atoms with Crippen LogP contribution < -0.4 is 10.5 Å². The summed E-state index contributed by atoms with van der Waals surface area (Å²) in [6.45, 7) is 2.93. The van der Waals surface area contributed by atoms with Gasteiger partial charge in [0, 0.05) is 6.04 Å². The normalized spacial score (nSPS) is 23.9. The fourth-order valence-corrected chi connectivity index (χ4v) is 2.20. The first-order chi connectivity index (χ1) is 7.74. The standard InChI is InChI=1S/C14H21NO.ClH/c1-11-2-8-14(9-3-11)16-10-12-4-6-13(15)7-5-12;/h2-3,8-9,12-13H,4-7,10,15H2,1H3;1H. The highest BCUT2D eigenvalue weighted by atomic mass is 35.5. The Bertz CT molecular complexity index is 317. The number of hydrogen-bond donors (Lipinski definition) is 1. The van der Waals surface area contributed by atoms with E-state index in [-0.39, 0.29) is 12.4 Å². The molecule has 2 N–H and O–H groups in total. The van der Waals surface area contributed by atoms with Gasteiger partial charge in [-0.25, -0.2) is 0 Å². The molecule has 0 spiro atoms. The Morgan fingerprint density at radius 3 is 2.29 bits per heavy atom. The first kappa shape index (κ1) is 14.3. The topological polar surface area (TPSA) is 35.2 Å². The largest absolute Gasteiger partial charge is 0.493 e. The van der Waals surface area contributed by atoms with Crippen LogP contribution in [-0.2, 0) is 0 Å². The van der Waals surface area contributed by atoms with Crippen molar-refractivity contribution in [3.8, 4) is 5.75 Å². The molecule has 1 aromatic carbocycles. The lowest BCUT2D eigenvalue weighted by Gasteiger charge is -2.25. The van der Waals surface area contributed by atoms with Crippen molar-refractivity contribution in [1.82, 2.24) is 0 Å². The van der Waals surface area contributed by atoms with Gasteiger partial charge in [-0.05, 0) is 50.7 Å². The monoisotopic (exact) mass is 255 g/mol. The third kappa shape index (κ3) is 4.57. The zero-order chi connectivity index (χ0) is 11.4. The molecular weight excluding hydrogens is 234 g/mol. The molecule has 96 valence electrons. The fraction of sp³-hybridized carbons (Fsp3) is 0.571. The highest BCUT2D eigenvalue weighted by molar-refractivity contribution is 5.85. The smallest absolute Gasteiger partial charge is 0.119 e. The van der Waals surface area contributed by atoms with Crippen molar-refractivity contribution in [2.75, 3.05) is 6.61 Å². The maximum atomic E-state index is 5.88. The molecule has 17 heavy (non-hydrogen) atoms. The first-order valence-electron chi connectivity index (χ1n) is 6.19. The first-order valence-corrected chi connectivity index (χ1v) is 6.19. The minimum atomic E-state index is 0. The predicted molar refractivity (Wildman–Crippen MR) is 73.9 cm³/mol. The summed E-state index contributed by atoms with van der Waals surface area (Å²) in [5.74, 6) is 1.68. The number of nitrogens with two attached hydrogens (primary N) is 1. The van der Waals surface area contributed by atoms with E-state index in [4.69, 9.17) is 10.5 Å². The number of ether oxygens (including phenoxy) is 1. The molecule has 2 nitrogen and oxygen atoms in total. The second-order valence-electron chi connectivity index (χ2n) is 4.90. The molecule has 0 aliphatic heterocycles. The molecule has 0 saturated heterocycles. The van der Waals surface area contributed by atoms with Crippen molar-refractivity contribution in [3.05, 3.63) is 29.8 Å². The fourth-order valence-electron chi connectivity index (χ4n) is 2.20. The lowest BCUT2D eigenvalue weighted by molar-refractivity contribution is 0.200. The Balaban J connectivity index is 0.00000144. The van der Waals surface area contributed by atoms with Gasteiger partial charge in [0.05, 0.1) is 6.61 Å². The van der Waals surface area contributed by atoms with E-state index in [0.29, 0.717) is 12.0 Å². The highest BCUT2D eigenvalue weighted by Gasteiger charge is 2.18. The summed E-state index contributed by atoms with van der Waals surface area (Å²) >= 11 is 0. The molecule has 0 atom stereocenters. The minimum absolute atomic E-state index is 0. The van der Waals surface area contributed by atoms with E-state index < -0.39 is 0 Å². The van der Waals surface area contributed by atoms with Gasteiger partial charge in [-0.3, -0.25) is 0 Å². The second-order valence-corrected chi connectivity index (χ2v) is 4.90. The van der Waals surface area contributed by atoms with Crippen molar-refractivity contribution in [2.45, 2.75) is 38.6 Å². The van der Waals surface area contributed by atoms with Crippen molar-refractivity contribution < 1.29 is 4.74 Å². The van der Waals surface area contributed by atoms with Gasteiger partial charge in [0.15, 0.2) is 0 Å². The molecule has 1 aliphatic carbocycles. The van der Waals surface area contributed by atoms with Crippen LogP contribution in [0.2, 0.25) is 0 Å². The molecule has 0 unspecified atom stereocenters. The summed E-state index contributed by atoms with van der Waals surface area (Å²) in [5, 5.41) is 0. The van der Waals surface area contributed by atoms with Crippen molar-refractivity contribution in [1.29, 1.82) is 0 Å². The van der Waals surface area contributed by atoms with Crippen molar-refractivity contribution in [2.24, 2.45) is 11.7 Å². The molecule has 0 bridgehead atoms. The lowest BCUT2D eigenvalue weighted by atomic mass is 9.87. The second kappa shape index (κ2) is 6.87. The zero-order valence-corrected chi connectivity index (χ0v) is 11.2. The van der Waals surface area contributed by atoms with Gasteiger partial charge < -0.3 is 10.5 Å². The van der Waals surface area contributed by atoms with Crippen LogP contribution in [0, 0.1) is 12.8 Å². The summed E-state index contributed by atoms with van der Waals surface area (Å²) in [5.41, 5.74) is 7.15. The van der Waals surface area contributed by atoms with Gasteiger partial charge in [-0.2, -0.15) is 0 Å².